The molecule has 0 amide bonds. The lowest BCUT2D eigenvalue weighted by atomic mass is 9.96. The molecule has 1 fully saturated rings. The average Bonchev–Trinajstić information content (AvgIpc) is 2.64. The second-order valence-corrected chi connectivity index (χ2v) is 6.64. The van der Waals surface area contributed by atoms with Gasteiger partial charge in [0.1, 0.15) is 5.82 Å². The summed E-state index contributed by atoms with van der Waals surface area (Å²) >= 11 is 0. The molecule has 0 bridgehead atoms. The van der Waals surface area contributed by atoms with Gasteiger partial charge in [-0.25, -0.2) is 4.39 Å². The van der Waals surface area contributed by atoms with E-state index >= 15 is 0 Å². The largest absolute Gasteiger partial charge is 0.382 e. The maximum atomic E-state index is 13.1. The van der Waals surface area contributed by atoms with Crippen LogP contribution in [0, 0.1) is 5.82 Å². The van der Waals surface area contributed by atoms with E-state index in [-0.39, 0.29) is 7.24 Å². The Bertz CT molecular complexity index is 638. The summed E-state index contributed by atoms with van der Waals surface area (Å²) in [5.41, 5.74) is 2.33. The van der Waals surface area contributed by atoms with Crippen LogP contribution >= 0.6 is 0 Å². The third-order valence-corrected chi connectivity index (χ3v) is 4.80. The molecule has 2 aromatic rings. The van der Waals surface area contributed by atoms with Crippen LogP contribution in [0.25, 0.3) is 0 Å². The third-order valence-electron chi connectivity index (χ3n) is 4.80. The molecule has 1 saturated heterocycles. The van der Waals surface area contributed by atoms with Crippen molar-refractivity contribution in [1.29, 1.82) is 0 Å². The first kappa shape index (κ1) is 17.9. The number of piperidine rings is 1. The first-order valence-corrected chi connectivity index (χ1v) is 9.12. The highest BCUT2D eigenvalue weighted by Crippen LogP contribution is 2.23. The molecule has 1 aliphatic heterocycles. The number of likely N-dealkylation sites (tertiary alicyclic amines) is 1. The first-order chi connectivity index (χ1) is 12.2. The number of anilines is 1. The smallest absolute Gasteiger partial charge is 0.123 e. The van der Waals surface area contributed by atoms with Gasteiger partial charge in [0.05, 0.1) is 6.61 Å². The summed E-state index contributed by atoms with van der Waals surface area (Å²) in [5.74, 6) is -0.197. The Balaban J connectivity index is 0.00000243. The van der Waals surface area contributed by atoms with Crippen LogP contribution in [0.2, 0.25) is 0 Å². The fourth-order valence-electron chi connectivity index (χ4n) is 3.47. The van der Waals surface area contributed by atoms with Crippen molar-refractivity contribution in [3.05, 3.63) is 66.0 Å². The molecule has 2 aromatic carbocycles. The van der Waals surface area contributed by atoms with Gasteiger partial charge in [0, 0.05) is 38.9 Å². The summed E-state index contributed by atoms with van der Waals surface area (Å²) in [6.45, 7) is 5.53. The molecule has 25 heavy (non-hydrogen) atoms. The second-order valence-electron chi connectivity index (χ2n) is 6.64. The van der Waals surface area contributed by atoms with Gasteiger partial charge in [0.15, 0.2) is 0 Å². The van der Waals surface area contributed by atoms with Crippen molar-refractivity contribution in [2.75, 3.05) is 25.1 Å². The zero-order valence-electron chi connectivity index (χ0n) is 14.8. The molecule has 136 valence electrons. The molecule has 0 aliphatic carbocycles. The van der Waals surface area contributed by atoms with Gasteiger partial charge in [0.2, 0.25) is 0 Å². The van der Waals surface area contributed by atoms with Crippen molar-refractivity contribution in [3.8, 4) is 0 Å². The highest BCUT2D eigenvalue weighted by molar-refractivity contribution is 5.43. The number of nitrogens with zero attached hydrogens (tertiary/aromatic N) is 1. The summed E-state index contributed by atoms with van der Waals surface area (Å²) < 4.78 is 18.8. The summed E-state index contributed by atoms with van der Waals surface area (Å²) in [7, 11) is 0. The van der Waals surface area contributed by atoms with Crippen molar-refractivity contribution >= 4 is 5.69 Å². The van der Waals surface area contributed by atoms with Gasteiger partial charge in [-0.3, -0.25) is 4.90 Å². The lowest BCUT2D eigenvalue weighted by molar-refractivity contribution is 0.0381. The van der Waals surface area contributed by atoms with E-state index in [0.717, 1.165) is 44.8 Å². The maximum Gasteiger partial charge on any atom is 0.123 e. The lowest BCUT2D eigenvalue weighted by Crippen LogP contribution is -2.48. The van der Waals surface area contributed by atoms with E-state index in [2.05, 4.69) is 40.5 Å². The van der Waals surface area contributed by atoms with E-state index in [1.165, 1.54) is 17.7 Å². The van der Waals surface area contributed by atoms with Crippen molar-refractivity contribution in [2.24, 2.45) is 0 Å². The monoisotopic (exact) mass is 344 g/mol. The second kappa shape index (κ2) is 8.97. The van der Waals surface area contributed by atoms with E-state index in [4.69, 9.17) is 4.74 Å². The average molecular weight is 344 g/mol. The molecular formula is C21H29FN2O. The van der Waals surface area contributed by atoms with Crippen molar-refractivity contribution in [3.63, 3.8) is 0 Å². The van der Waals surface area contributed by atoms with Crippen LogP contribution in [0.15, 0.2) is 54.6 Å². The normalized spacial score (nSPS) is 21.2. The Hall–Kier alpha value is -1.91. The predicted molar refractivity (Wildman–Crippen MR) is 102 cm³/mol. The Kier molecular flexibility index (Phi) is 6.42. The molecule has 2 atom stereocenters. The number of benzene rings is 2. The van der Waals surface area contributed by atoms with E-state index in [9.17, 15) is 4.39 Å². The van der Waals surface area contributed by atoms with Gasteiger partial charge in [-0.2, -0.15) is 0 Å². The van der Waals surface area contributed by atoms with E-state index < -0.39 is 0 Å². The van der Waals surface area contributed by atoms with Crippen LogP contribution in [-0.4, -0.2) is 36.7 Å². The summed E-state index contributed by atoms with van der Waals surface area (Å²) in [6, 6.07) is 18.0. The van der Waals surface area contributed by atoms with Gasteiger partial charge < -0.3 is 10.1 Å². The van der Waals surface area contributed by atoms with E-state index in [1.54, 1.807) is 0 Å². The highest BCUT2D eigenvalue weighted by atomic mass is 19.1. The van der Waals surface area contributed by atoms with Crippen LogP contribution in [-0.2, 0) is 11.3 Å². The molecule has 0 radical (unpaired) electrons. The first-order valence-electron chi connectivity index (χ1n) is 9.12. The molecule has 1 heterocycles. The molecule has 0 aromatic heterocycles. The van der Waals surface area contributed by atoms with Gasteiger partial charge in [-0.1, -0.05) is 30.3 Å². The Morgan fingerprint density at radius 1 is 1.16 bits per heavy atom. The van der Waals surface area contributed by atoms with Crippen LogP contribution < -0.4 is 5.32 Å². The maximum absolute atomic E-state index is 13.1. The highest BCUT2D eigenvalue weighted by Gasteiger charge is 2.28. The number of hydrogen-bond acceptors (Lipinski definition) is 3. The van der Waals surface area contributed by atoms with Crippen LogP contribution in [0.1, 0.15) is 26.8 Å². The molecule has 1 N–H and O–H groups in total. The van der Waals surface area contributed by atoms with Crippen molar-refractivity contribution in [2.45, 2.75) is 38.4 Å². The van der Waals surface area contributed by atoms with Gasteiger partial charge in [-0.05, 0) is 49.6 Å². The molecule has 4 heteroatoms. The summed E-state index contributed by atoms with van der Waals surface area (Å²) in [4.78, 5) is 2.52. The van der Waals surface area contributed by atoms with E-state index in [0.29, 0.717) is 12.1 Å². The molecule has 1 aliphatic rings. The number of hydrogen-bond donors (Lipinski definition) is 1. The van der Waals surface area contributed by atoms with Crippen molar-refractivity contribution in [1.82, 2.24) is 4.90 Å². The van der Waals surface area contributed by atoms with Gasteiger partial charge >= 0.3 is 0 Å². The zero-order valence-corrected chi connectivity index (χ0v) is 14.8. The molecular weight excluding hydrogens is 315 g/mol. The Morgan fingerprint density at radius 2 is 1.92 bits per heavy atom. The SMILES string of the molecule is CCOC[C@H]1C[C@@H](Nc2ccc(F)cc2)CCN1Cc1ccccc1.[HH]. The molecule has 0 unspecified atom stereocenters. The number of ether oxygens (including phenoxy) is 1. The summed E-state index contributed by atoms with van der Waals surface area (Å²) in [5, 5.41) is 3.55. The molecule has 3 rings (SSSR count). The molecule has 0 saturated carbocycles. The fraction of sp³-hybridized carbons (Fsp3) is 0.429. The minimum absolute atomic E-state index is 0. The topological polar surface area (TPSA) is 24.5 Å². The van der Waals surface area contributed by atoms with Crippen LogP contribution in [0.4, 0.5) is 10.1 Å². The van der Waals surface area contributed by atoms with Gasteiger partial charge in [0.25, 0.3) is 0 Å². The fourth-order valence-corrected chi connectivity index (χ4v) is 3.47. The number of halogens is 1. The van der Waals surface area contributed by atoms with E-state index in [1.807, 2.05) is 19.1 Å². The molecule has 3 nitrogen and oxygen atoms in total. The lowest BCUT2D eigenvalue weighted by Gasteiger charge is -2.40. The Labute approximate surface area is 151 Å². The van der Waals surface area contributed by atoms with Crippen molar-refractivity contribution < 1.29 is 10.6 Å². The standard InChI is InChI=1S/C21H27FN2O.H2/c1-2-25-16-21-14-20(23-19-10-8-18(22)9-11-19)12-13-24(21)15-17-6-4-3-5-7-17;/h3-11,20-21,23H,2,12-16H2,1H3;1H/t20-,21+;/m0./s1. The quantitative estimate of drug-likeness (QED) is 0.797. The minimum Gasteiger partial charge on any atom is -0.382 e. The van der Waals surface area contributed by atoms with Crippen LogP contribution in [0.5, 0.6) is 0 Å². The molecule has 0 spiro atoms. The number of nitrogens with one attached hydrogen (secondary N) is 1. The predicted octanol–water partition coefficient (Wildman–Crippen LogP) is 4.55. The summed E-state index contributed by atoms with van der Waals surface area (Å²) in [6.07, 6.45) is 2.11. The zero-order chi connectivity index (χ0) is 17.5. The van der Waals surface area contributed by atoms with Crippen LogP contribution in [0.3, 0.4) is 0 Å². The Morgan fingerprint density at radius 3 is 2.64 bits per heavy atom. The van der Waals surface area contributed by atoms with Gasteiger partial charge in [-0.15, -0.1) is 0 Å². The minimum atomic E-state index is -0.197. The third kappa shape index (κ3) is 5.28. The number of rotatable bonds is 7.